The quantitative estimate of drug-likeness (QED) is 0.780. The summed E-state index contributed by atoms with van der Waals surface area (Å²) in [5.74, 6) is 0.300. The number of halogens is 1. The van der Waals surface area contributed by atoms with E-state index in [0.29, 0.717) is 5.92 Å². The fourth-order valence-electron chi connectivity index (χ4n) is 2.69. The van der Waals surface area contributed by atoms with E-state index in [9.17, 15) is 5.11 Å². The first kappa shape index (κ1) is 12.7. The minimum Gasteiger partial charge on any atom is -0.388 e. The maximum Gasteiger partial charge on any atom is 0.0823 e. The zero-order valence-electron chi connectivity index (χ0n) is 10.2. The van der Waals surface area contributed by atoms with Crippen LogP contribution in [0.15, 0.2) is 35.4 Å². The molecule has 1 aromatic rings. The second-order valence-corrected chi connectivity index (χ2v) is 5.17. The first-order valence-corrected chi connectivity index (χ1v) is 6.67. The molecule has 0 aromatic heterocycles. The summed E-state index contributed by atoms with van der Waals surface area (Å²) in [7, 11) is 0. The van der Waals surface area contributed by atoms with Gasteiger partial charge in [0.05, 0.1) is 6.10 Å². The van der Waals surface area contributed by atoms with Gasteiger partial charge in [0.15, 0.2) is 0 Å². The lowest BCUT2D eigenvalue weighted by Crippen LogP contribution is -2.12. The van der Waals surface area contributed by atoms with E-state index in [1.54, 1.807) is 5.54 Å². The van der Waals surface area contributed by atoms with Crippen molar-refractivity contribution in [1.82, 2.24) is 0 Å². The molecule has 1 nitrogen and oxygen atoms in total. The van der Waals surface area contributed by atoms with E-state index in [2.05, 4.69) is 18.2 Å². The third-order valence-corrected chi connectivity index (χ3v) is 3.98. The molecule has 0 bridgehead atoms. The second-order valence-electron chi connectivity index (χ2n) is 4.96. The summed E-state index contributed by atoms with van der Waals surface area (Å²) in [6.45, 7) is 2.02. The molecule has 0 fully saturated rings. The number of benzene rings is 1. The van der Waals surface area contributed by atoms with E-state index < -0.39 is 0 Å². The highest BCUT2D eigenvalue weighted by Crippen LogP contribution is 2.36. The predicted molar refractivity (Wildman–Crippen MR) is 72.1 cm³/mol. The maximum atomic E-state index is 10.5. The molecule has 0 heterocycles. The number of aryl methyl sites for hydroxylation is 1. The van der Waals surface area contributed by atoms with Gasteiger partial charge in [0.2, 0.25) is 0 Å². The molecular weight excluding hydrogens is 232 g/mol. The van der Waals surface area contributed by atoms with Gasteiger partial charge in [0, 0.05) is 5.54 Å². The van der Waals surface area contributed by atoms with Crippen molar-refractivity contribution in [2.75, 3.05) is 0 Å². The van der Waals surface area contributed by atoms with Crippen molar-refractivity contribution in [3.63, 3.8) is 0 Å². The van der Waals surface area contributed by atoms with Crippen LogP contribution in [0.2, 0.25) is 0 Å². The Hall–Kier alpha value is -0.790. The minimum atomic E-state index is -0.347. The molecule has 0 amide bonds. The van der Waals surface area contributed by atoms with Crippen molar-refractivity contribution in [1.29, 1.82) is 0 Å². The van der Waals surface area contributed by atoms with Gasteiger partial charge in [-0.3, -0.25) is 0 Å². The van der Waals surface area contributed by atoms with Gasteiger partial charge in [0.1, 0.15) is 0 Å². The normalized spacial score (nSPS) is 25.2. The standard InChI is InChI=1S/C15H19ClO/c1-11(10-16)9-13-7-4-6-12-5-2-3-8-14(12)15(13)17/h2-3,5,8,10,13,15,17H,4,6-7,9H2,1H3/b11-10-. The molecule has 92 valence electrons. The lowest BCUT2D eigenvalue weighted by molar-refractivity contribution is 0.105. The number of hydrogen-bond acceptors (Lipinski definition) is 1. The smallest absolute Gasteiger partial charge is 0.0823 e. The highest BCUT2D eigenvalue weighted by Gasteiger charge is 2.25. The molecule has 2 unspecified atom stereocenters. The van der Waals surface area contributed by atoms with Crippen molar-refractivity contribution in [2.45, 2.75) is 38.7 Å². The van der Waals surface area contributed by atoms with Crippen molar-refractivity contribution in [3.05, 3.63) is 46.5 Å². The van der Waals surface area contributed by atoms with Crippen LogP contribution in [0.5, 0.6) is 0 Å². The van der Waals surface area contributed by atoms with Gasteiger partial charge in [-0.2, -0.15) is 0 Å². The SMILES string of the molecule is C/C(=C/Cl)CC1CCCc2ccccc2C1O. The van der Waals surface area contributed by atoms with Crippen molar-refractivity contribution >= 4 is 11.6 Å². The van der Waals surface area contributed by atoms with Crippen LogP contribution < -0.4 is 0 Å². The topological polar surface area (TPSA) is 20.2 Å². The van der Waals surface area contributed by atoms with Crippen LogP contribution in [0.25, 0.3) is 0 Å². The number of aliphatic hydroxyl groups excluding tert-OH is 1. The summed E-state index contributed by atoms with van der Waals surface area (Å²) < 4.78 is 0. The Bertz CT molecular complexity index is 411. The summed E-state index contributed by atoms with van der Waals surface area (Å²) >= 11 is 5.72. The molecule has 2 atom stereocenters. The first-order chi connectivity index (χ1) is 8.22. The van der Waals surface area contributed by atoms with Crippen LogP contribution in [0, 0.1) is 5.92 Å². The van der Waals surface area contributed by atoms with E-state index >= 15 is 0 Å². The van der Waals surface area contributed by atoms with Crippen LogP contribution in [-0.2, 0) is 6.42 Å². The summed E-state index contributed by atoms with van der Waals surface area (Å²) in [5.41, 5.74) is 5.19. The number of allylic oxidation sites excluding steroid dienone is 1. The molecular formula is C15H19ClO. The second kappa shape index (κ2) is 5.70. The van der Waals surface area contributed by atoms with E-state index in [-0.39, 0.29) is 6.10 Å². The molecule has 2 heteroatoms. The average molecular weight is 251 g/mol. The van der Waals surface area contributed by atoms with Crippen molar-refractivity contribution in [2.24, 2.45) is 5.92 Å². The van der Waals surface area contributed by atoms with Gasteiger partial charge in [-0.1, -0.05) is 41.4 Å². The lowest BCUT2D eigenvalue weighted by Gasteiger charge is -2.22. The molecule has 1 aliphatic rings. The molecule has 1 aromatic carbocycles. The zero-order valence-corrected chi connectivity index (χ0v) is 11.0. The Morgan fingerprint density at radius 2 is 2.24 bits per heavy atom. The average Bonchev–Trinajstić information content (AvgIpc) is 2.51. The van der Waals surface area contributed by atoms with Gasteiger partial charge < -0.3 is 5.11 Å². The minimum absolute atomic E-state index is 0.300. The Balaban J connectivity index is 2.22. The fourth-order valence-corrected chi connectivity index (χ4v) is 2.78. The lowest BCUT2D eigenvalue weighted by atomic mass is 9.88. The summed E-state index contributed by atoms with van der Waals surface area (Å²) in [5, 5.41) is 10.5. The Morgan fingerprint density at radius 3 is 3.00 bits per heavy atom. The van der Waals surface area contributed by atoms with Crippen LogP contribution in [-0.4, -0.2) is 5.11 Å². The summed E-state index contributed by atoms with van der Waals surface area (Å²) in [4.78, 5) is 0. The molecule has 0 aliphatic heterocycles. The Morgan fingerprint density at radius 1 is 1.47 bits per heavy atom. The monoisotopic (exact) mass is 250 g/mol. The molecule has 17 heavy (non-hydrogen) atoms. The van der Waals surface area contributed by atoms with Gasteiger partial charge >= 0.3 is 0 Å². The maximum absolute atomic E-state index is 10.5. The van der Waals surface area contributed by atoms with E-state index in [4.69, 9.17) is 11.6 Å². The largest absolute Gasteiger partial charge is 0.388 e. The molecule has 2 rings (SSSR count). The molecule has 1 aliphatic carbocycles. The number of aliphatic hydroxyl groups is 1. The number of fused-ring (bicyclic) bond motifs is 1. The predicted octanol–water partition coefficient (Wildman–Crippen LogP) is 4.21. The van der Waals surface area contributed by atoms with E-state index in [1.165, 1.54) is 5.56 Å². The first-order valence-electron chi connectivity index (χ1n) is 6.24. The summed E-state index contributed by atoms with van der Waals surface area (Å²) in [6, 6.07) is 8.24. The van der Waals surface area contributed by atoms with Crippen molar-refractivity contribution < 1.29 is 5.11 Å². The highest BCUT2D eigenvalue weighted by atomic mass is 35.5. The van der Waals surface area contributed by atoms with Gasteiger partial charge in [-0.25, -0.2) is 0 Å². The fraction of sp³-hybridized carbons (Fsp3) is 0.467. The molecule has 0 saturated carbocycles. The zero-order chi connectivity index (χ0) is 12.3. The van der Waals surface area contributed by atoms with Crippen molar-refractivity contribution in [3.8, 4) is 0 Å². The third kappa shape index (κ3) is 2.91. The molecule has 0 spiro atoms. The van der Waals surface area contributed by atoms with E-state index in [0.717, 1.165) is 36.8 Å². The molecule has 0 radical (unpaired) electrons. The van der Waals surface area contributed by atoms with Crippen LogP contribution in [0.3, 0.4) is 0 Å². The Kier molecular flexibility index (Phi) is 4.25. The number of rotatable bonds is 2. The van der Waals surface area contributed by atoms with Crippen LogP contribution in [0.1, 0.15) is 43.4 Å². The van der Waals surface area contributed by atoms with E-state index in [1.807, 2.05) is 13.0 Å². The molecule has 1 N–H and O–H groups in total. The summed E-state index contributed by atoms with van der Waals surface area (Å²) in [6.07, 6.45) is 3.83. The number of hydrogen-bond donors (Lipinski definition) is 1. The third-order valence-electron chi connectivity index (χ3n) is 3.61. The molecule has 0 saturated heterocycles. The highest BCUT2D eigenvalue weighted by molar-refractivity contribution is 6.25. The Labute approximate surface area is 108 Å². The van der Waals surface area contributed by atoms with Crippen LogP contribution >= 0.6 is 11.6 Å². The van der Waals surface area contributed by atoms with Gasteiger partial charge in [-0.05, 0) is 49.7 Å². The van der Waals surface area contributed by atoms with Gasteiger partial charge in [-0.15, -0.1) is 0 Å². The van der Waals surface area contributed by atoms with Crippen LogP contribution in [0.4, 0.5) is 0 Å². The van der Waals surface area contributed by atoms with Gasteiger partial charge in [0.25, 0.3) is 0 Å².